The van der Waals surface area contributed by atoms with E-state index >= 15 is 0 Å². The first-order valence-corrected chi connectivity index (χ1v) is 8.27. The Labute approximate surface area is 145 Å². The summed E-state index contributed by atoms with van der Waals surface area (Å²) in [5, 5.41) is 4.79. The minimum absolute atomic E-state index is 0.00317. The van der Waals surface area contributed by atoms with Gasteiger partial charge in [0.15, 0.2) is 0 Å². The van der Waals surface area contributed by atoms with Gasteiger partial charge in [0.05, 0.1) is 35.2 Å². The van der Waals surface area contributed by atoms with Crippen molar-refractivity contribution in [3.05, 3.63) is 34.4 Å². The molecule has 0 saturated carbocycles. The predicted octanol–water partition coefficient (Wildman–Crippen LogP) is 2.16. The molecule has 1 aliphatic heterocycles. The highest BCUT2D eigenvalue weighted by Gasteiger charge is 2.29. The van der Waals surface area contributed by atoms with E-state index in [0.717, 1.165) is 24.2 Å². The zero-order valence-electron chi connectivity index (χ0n) is 14.0. The lowest BCUT2D eigenvalue weighted by Gasteiger charge is -2.32. The predicted molar refractivity (Wildman–Crippen MR) is 89.3 cm³/mol. The minimum Gasteiger partial charge on any atom is -0.458 e. The summed E-state index contributed by atoms with van der Waals surface area (Å²) in [6, 6.07) is 0.285. The highest BCUT2D eigenvalue weighted by atomic mass is 35.5. The third-order valence-corrected chi connectivity index (χ3v) is 4.45. The molecule has 24 heavy (non-hydrogen) atoms. The second-order valence-corrected chi connectivity index (χ2v) is 6.42. The van der Waals surface area contributed by atoms with Gasteiger partial charge >= 0.3 is 6.01 Å². The minimum atomic E-state index is -0.124. The second-order valence-electron chi connectivity index (χ2n) is 5.99. The first-order chi connectivity index (χ1) is 11.5. The maximum Gasteiger partial charge on any atom is 0.316 e. The molecule has 128 valence electrons. The molecule has 0 spiro atoms. The SMILES string of the molecule is Cc1nn(C)c(C)c1C(=O)N1CCC[C@H](Oc2ncc(Cl)cn2)C1. The topological polar surface area (TPSA) is 73.1 Å². The fourth-order valence-electron chi connectivity index (χ4n) is 2.97. The van der Waals surface area contributed by atoms with Gasteiger partial charge in [0.2, 0.25) is 0 Å². The number of carbonyl (C=O) groups is 1. The van der Waals surface area contributed by atoms with Crippen molar-refractivity contribution in [2.24, 2.45) is 7.05 Å². The molecule has 1 amide bonds. The third-order valence-electron chi connectivity index (χ3n) is 4.26. The Hall–Kier alpha value is -2.15. The maximum atomic E-state index is 12.9. The lowest BCUT2D eigenvalue weighted by molar-refractivity contribution is 0.0514. The number of hydrogen-bond donors (Lipinski definition) is 0. The molecule has 7 nitrogen and oxygen atoms in total. The van der Waals surface area contributed by atoms with Gasteiger partial charge in [-0.15, -0.1) is 0 Å². The smallest absolute Gasteiger partial charge is 0.316 e. The molecule has 0 N–H and O–H groups in total. The van der Waals surface area contributed by atoms with Crippen LogP contribution >= 0.6 is 11.6 Å². The molecule has 3 rings (SSSR count). The van der Waals surface area contributed by atoms with E-state index in [1.165, 1.54) is 12.4 Å². The highest BCUT2D eigenvalue weighted by molar-refractivity contribution is 6.30. The number of ether oxygens (including phenoxy) is 1. The van der Waals surface area contributed by atoms with Gasteiger partial charge in [-0.05, 0) is 26.7 Å². The zero-order valence-corrected chi connectivity index (χ0v) is 14.7. The van der Waals surface area contributed by atoms with Gasteiger partial charge in [0.25, 0.3) is 5.91 Å². The monoisotopic (exact) mass is 349 g/mol. The van der Waals surface area contributed by atoms with E-state index < -0.39 is 0 Å². The van der Waals surface area contributed by atoms with Crippen LogP contribution < -0.4 is 4.74 Å². The van der Waals surface area contributed by atoms with E-state index in [1.807, 2.05) is 25.8 Å². The van der Waals surface area contributed by atoms with E-state index in [0.29, 0.717) is 23.7 Å². The molecule has 1 atom stereocenters. The van der Waals surface area contributed by atoms with Crippen molar-refractivity contribution in [1.29, 1.82) is 0 Å². The molecule has 2 aromatic rings. The van der Waals surface area contributed by atoms with E-state index in [-0.39, 0.29) is 18.0 Å². The summed E-state index contributed by atoms with van der Waals surface area (Å²) in [5.74, 6) is 0.00317. The summed E-state index contributed by atoms with van der Waals surface area (Å²) in [4.78, 5) is 22.8. The summed E-state index contributed by atoms with van der Waals surface area (Å²) < 4.78 is 7.53. The van der Waals surface area contributed by atoms with E-state index in [1.54, 1.807) is 4.68 Å². The summed E-state index contributed by atoms with van der Waals surface area (Å²) in [6.07, 6.45) is 4.61. The molecule has 1 aliphatic rings. The summed E-state index contributed by atoms with van der Waals surface area (Å²) in [5.41, 5.74) is 2.31. The Morgan fingerprint density at radius 2 is 2.04 bits per heavy atom. The van der Waals surface area contributed by atoms with Gasteiger partial charge in [0, 0.05) is 19.3 Å². The van der Waals surface area contributed by atoms with Crippen LogP contribution in [0.15, 0.2) is 12.4 Å². The zero-order chi connectivity index (χ0) is 17.3. The molecule has 0 unspecified atom stereocenters. The third kappa shape index (κ3) is 3.36. The van der Waals surface area contributed by atoms with Crippen molar-refractivity contribution < 1.29 is 9.53 Å². The summed E-state index contributed by atoms with van der Waals surface area (Å²) >= 11 is 5.78. The number of rotatable bonds is 3. The van der Waals surface area contributed by atoms with Gasteiger partial charge in [-0.3, -0.25) is 9.48 Å². The Kier molecular flexibility index (Phi) is 4.71. The number of halogens is 1. The van der Waals surface area contributed by atoms with Crippen LogP contribution in [0, 0.1) is 13.8 Å². The molecule has 0 radical (unpaired) electrons. The number of nitrogens with zero attached hydrogens (tertiary/aromatic N) is 5. The molecule has 0 aromatic carbocycles. The van der Waals surface area contributed by atoms with E-state index in [4.69, 9.17) is 16.3 Å². The Morgan fingerprint density at radius 1 is 1.33 bits per heavy atom. The highest BCUT2D eigenvalue weighted by Crippen LogP contribution is 2.20. The Morgan fingerprint density at radius 3 is 2.67 bits per heavy atom. The Bertz CT molecular complexity index is 744. The van der Waals surface area contributed by atoms with Gasteiger partial charge in [-0.1, -0.05) is 11.6 Å². The van der Waals surface area contributed by atoms with Crippen LogP contribution in [-0.2, 0) is 7.05 Å². The van der Waals surface area contributed by atoms with Crippen LogP contribution in [-0.4, -0.2) is 49.7 Å². The molecule has 0 aliphatic carbocycles. The van der Waals surface area contributed by atoms with Gasteiger partial charge in [0.1, 0.15) is 6.10 Å². The van der Waals surface area contributed by atoms with Crippen LogP contribution in [0.3, 0.4) is 0 Å². The first-order valence-electron chi connectivity index (χ1n) is 7.89. The van der Waals surface area contributed by atoms with Crippen LogP contribution in [0.5, 0.6) is 6.01 Å². The Balaban J connectivity index is 1.71. The first kappa shape index (κ1) is 16.7. The molecule has 0 bridgehead atoms. The number of piperidine rings is 1. The average molecular weight is 350 g/mol. The van der Waals surface area contributed by atoms with Crippen LogP contribution in [0.2, 0.25) is 5.02 Å². The largest absolute Gasteiger partial charge is 0.458 e. The quantitative estimate of drug-likeness (QED) is 0.849. The second kappa shape index (κ2) is 6.76. The normalized spacial score (nSPS) is 17.8. The van der Waals surface area contributed by atoms with Crippen molar-refractivity contribution >= 4 is 17.5 Å². The van der Waals surface area contributed by atoms with Gasteiger partial charge in [-0.2, -0.15) is 5.10 Å². The van der Waals surface area contributed by atoms with Crippen LogP contribution in [0.25, 0.3) is 0 Å². The van der Waals surface area contributed by atoms with Crippen LogP contribution in [0.1, 0.15) is 34.6 Å². The molecule has 2 aromatic heterocycles. The lowest BCUT2D eigenvalue weighted by atomic mass is 10.1. The molecular formula is C16H20ClN5O2. The molecule has 8 heteroatoms. The average Bonchev–Trinajstić information content (AvgIpc) is 2.82. The molecular weight excluding hydrogens is 330 g/mol. The summed E-state index contributed by atoms with van der Waals surface area (Å²) in [6.45, 7) is 5.00. The van der Waals surface area contributed by atoms with Crippen LogP contribution in [0.4, 0.5) is 0 Å². The lowest BCUT2D eigenvalue weighted by Crippen LogP contribution is -2.44. The van der Waals surface area contributed by atoms with Gasteiger partial charge < -0.3 is 9.64 Å². The van der Waals surface area contributed by atoms with E-state index in [2.05, 4.69) is 15.1 Å². The molecule has 1 saturated heterocycles. The van der Waals surface area contributed by atoms with Crippen molar-refractivity contribution in [1.82, 2.24) is 24.6 Å². The molecule has 3 heterocycles. The number of amides is 1. The molecule has 1 fully saturated rings. The number of hydrogen-bond acceptors (Lipinski definition) is 5. The fraction of sp³-hybridized carbons (Fsp3) is 0.500. The number of carbonyl (C=O) groups excluding carboxylic acids is 1. The standard InChI is InChI=1S/C16H20ClN5O2/c1-10-14(11(2)21(3)20-10)15(23)22-6-4-5-13(9-22)24-16-18-7-12(17)8-19-16/h7-8,13H,4-6,9H2,1-3H3/t13-/m0/s1. The fourth-order valence-corrected chi connectivity index (χ4v) is 3.07. The van der Waals surface area contributed by atoms with Crippen molar-refractivity contribution in [2.75, 3.05) is 13.1 Å². The number of likely N-dealkylation sites (tertiary alicyclic amines) is 1. The van der Waals surface area contributed by atoms with Crippen molar-refractivity contribution in [3.63, 3.8) is 0 Å². The maximum absolute atomic E-state index is 12.9. The van der Waals surface area contributed by atoms with Gasteiger partial charge in [-0.25, -0.2) is 9.97 Å². The number of aryl methyl sites for hydroxylation is 2. The number of aromatic nitrogens is 4. The summed E-state index contributed by atoms with van der Waals surface area (Å²) in [7, 11) is 1.85. The van der Waals surface area contributed by atoms with Crippen molar-refractivity contribution in [3.8, 4) is 6.01 Å². The van der Waals surface area contributed by atoms with Crippen molar-refractivity contribution in [2.45, 2.75) is 32.8 Å². The van der Waals surface area contributed by atoms with E-state index in [9.17, 15) is 4.79 Å².